The minimum atomic E-state index is -0.305. The highest BCUT2D eigenvalue weighted by Gasteiger charge is 2.20. The van der Waals surface area contributed by atoms with Crippen LogP contribution in [0.2, 0.25) is 0 Å². The summed E-state index contributed by atoms with van der Waals surface area (Å²) in [6.45, 7) is 1.56. The van der Waals surface area contributed by atoms with Crippen LogP contribution in [-0.2, 0) is 11.3 Å². The van der Waals surface area contributed by atoms with Gasteiger partial charge in [0.05, 0.1) is 24.1 Å². The van der Waals surface area contributed by atoms with E-state index in [1.54, 1.807) is 6.07 Å². The van der Waals surface area contributed by atoms with Crippen molar-refractivity contribution in [1.82, 2.24) is 20.6 Å². The van der Waals surface area contributed by atoms with Gasteiger partial charge >= 0.3 is 0 Å². The number of nitrogens with zero attached hydrogens (tertiary/aromatic N) is 1. The molecule has 6 heteroatoms. The van der Waals surface area contributed by atoms with Crippen LogP contribution in [0.5, 0.6) is 0 Å². The van der Waals surface area contributed by atoms with E-state index < -0.39 is 0 Å². The lowest BCUT2D eigenvalue weighted by molar-refractivity contribution is -0.120. The molecular formula is C14H17FN4O. The number of aromatic nitrogens is 2. The molecule has 0 unspecified atom stereocenters. The summed E-state index contributed by atoms with van der Waals surface area (Å²) in [4.78, 5) is 18.9. The van der Waals surface area contributed by atoms with Crippen molar-refractivity contribution in [3.63, 3.8) is 0 Å². The zero-order valence-corrected chi connectivity index (χ0v) is 11.1. The maximum absolute atomic E-state index is 13.0. The molecule has 5 nitrogen and oxygen atoms in total. The van der Waals surface area contributed by atoms with Crippen LogP contribution in [0, 0.1) is 11.7 Å². The van der Waals surface area contributed by atoms with Crippen LogP contribution in [0.25, 0.3) is 11.0 Å². The lowest BCUT2D eigenvalue weighted by Gasteiger charge is -2.04. The molecule has 0 aliphatic heterocycles. The van der Waals surface area contributed by atoms with E-state index in [0.29, 0.717) is 29.9 Å². The predicted octanol–water partition coefficient (Wildman–Crippen LogP) is 1.32. The molecular weight excluding hydrogens is 259 g/mol. The fourth-order valence-electron chi connectivity index (χ4n) is 2.08. The molecule has 3 rings (SSSR count). The Bertz CT molecular complexity index is 621. The number of benzene rings is 1. The number of rotatable bonds is 6. The Hall–Kier alpha value is -1.95. The van der Waals surface area contributed by atoms with E-state index in [-0.39, 0.29) is 11.7 Å². The van der Waals surface area contributed by atoms with Gasteiger partial charge in [0.1, 0.15) is 11.6 Å². The number of halogens is 1. The molecule has 1 aromatic heterocycles. The Balaban J connectivity index is 1.49. The second kappa shape index (κ2) is 5.58. The number of carbonyl (C=O) groups is 1. The van der Waals surface area contributed by atoms with Gasteiger partial charge in [0.15, 0.2) is 0 Å². The summed E-state index contributed by atoms with van der Waals surface area (Å²) >= 11 is 0. The molecule has 0 radical (unpaired) electrons. The molecule has 1 aromatic carbocycles. The molecule has 2 aromatic rings. The number of aromatic amines is 1. The molecule has 0 spiro atoms. The fourth-order valence-corrected chi connectivity index (χ4v) is 2.08. The first-order valence-corrected chi connectivity index (χ1v) is 6.82. The Kier molecular flexibility index (Phi) is 3.64. The molecule has 1 aliphatic rings. The summed E-state index contributed by atoms with van der Waals surface area (Å²) in [6.07, 6.45) is 2.54. The van der Waals surface area contributed by atoms with Gasteiger partial charge in [-0.1, -0.05) is 0 Å². The van der Waals surface area contributed by atoms with Crippen molar-refractivity contribution in [1.29, 1.82) is 0 Å². The van der Waals surface area contributed by atoms with Gasteiger partial charge in [-0.3, -0.25) is 4.79 Å². The quantitative estimate of drug-likeness (QED) is 0.745. The van der Waals surface area contributed by atoms with E-state index in [2.05, 4.69) is 20.6 Å². The monoisotopic (exact) mass is 276 g/mol. The number of H-pyrrole nitrogens is 1. The lowest BCUT2D eigenvalue weighted by atomic mass is 10.3. The molecule has 1 amide bonds. The first kappa shape index (κ1) is 13.1. The average molecular weight is 276 g/mol. The summed E-state index contributed by atoms with van der Waals surface area (Å²) in [7, 11) is 0. The number of imidazole rings is 1. The largest absolute Gasteiger partial charge is 0.348 e. The van der Waals surface area contributed by atoms with Crippen LogP contribution in [0.15, 0.2) is 18.2 Å². The van der Waals surface area contributed by atoms with Crippen molar-refractivity contribution in [3.8, 4) is 0 Å². The summed E-state index contributed by atoms with van der Waals surface area (Å²) in [5, 5.41) is 5.90. The van der Waals surface area contributed by atoms with E-state index in [4.69, 9.17) is 0 Å². The number of carbonyl (C=O) groups excluding carboxylic acids is 1. The fraction of sp³-hybridized carbons (Fsp3) is 0.429. The van der Waals surface area contributed by atoms with E-state index in [9.17, 15) is 9.18 Å². The highest BCUT2D eigenvalue weighted by Crippen LogP contribution is 2.27. The van der Waals surface area contributed by atoms with Gasteiger partial charge in [-0.05, 0) is 43.5 Å². The molecule has 1 aliphatic carbocycles. The second-order valence-corrected chi connectivity index (χ2v) is 5.20. The summed E-state index contributed by atoms with van der Waals surface area (Å²) < 4.78 is 13.0. The second-order valence-electron chi connectivity index (χ2n) is 5.20. The Morgan fingerprint density at radius 2 is 2.30 bits per heavy atom. The minimum Gasteiger partial charge on any atom is -0.348 e. The lowest BCUT2D eigenvalue weighted by Crippen LogP contribution is -2.34. The van der Waals surface area contributed by atoms with Crippen LogP contribution in [-0.4, -0.2) is 29.0 Å². The maximum atomic E-state index is 13.0. The maximum Gasteiger partial charge on any atom is 0.234 e. The number of hydrogen-bond donors (Lipinski definition) is 3. The smallest absolute Gasteiger partial charge is 0.234 e. The van der Waals surface area contributed by atoms with Crippen LogP contribution in [0.1, 0.15) is 18.7 Å². The molecule has 3 N–H and O–H groups in total. The molecule has 1 fully saturated rings. The van der Waals surface area contributed by atoms with E-state index in [1.807, 2.05) is 0 Å². The van der Waals surface area contributed by atoms with Crippen molar-refractivity contribution in [2.75, 3.05) is 13.1 Å². The van der Waals surface area contributed by atoms with Gasteiger partial charge in [-0.2, -0.15) is 0 Å². The SMILES string of the molecule is O=C(CNCC1CC1)NCc1nc2ccc(F)cc2[nH]1. The molecule has 0 saturated heterocycles. The average Bonchev–Trinajstić information content (AvgIpc) is 3.15. The molecule has 0 bridgehead atoms. The first-order chi connectivity index (χ1) is 9.70. The third-order valence-corrected chi connectivity index (χ3v) is 3.36. The number of amides is 1. The van der Waals surface area contributed by atoms with E-state index in [1.165, 1.54) is 25.0 Å². The number of nitrogens with one attached hydrogen (secondary N) is 3. The normalized spacial score (nSPS) is 14.7. The molecule has 106 valence electrons. The summed E-state index contributed by atoms with van der Waals surface area (Å²) in [5.74, 6) is 1.02. The summed E-state index contributed by atoms with van der Waals surface area (Å²) in [5.41, 5.74) is 1.34. The molecule has 1 heterocycles. The number of fused-ring (bicyclic) bond motifs is 1. The minimum absolute atomic E-state index is 0.0581. The van der Waals surface area contributed by atoms with Crippen LogP contribution < -0.4 is 10.6 Å². The Labute approximate surface area is 116 Å². The van der Waals surface area contributed by atoms with Crippen LogP contribution >= 0.6 is 0 Å². The van der Waals surface area contributed by atoms with Crippen molar-refractivity contribution in [2.24, 2.45) is 5.92 Å². The third-order valence-electron chi connectivity index (χ3n) is 3.36. The van der Waals surface area contributed by atoms with Gasteiger partial charge in [0, 0.05) is 0 Å². The topological polar surface area (TPSA) is 69.8 Å². The summed E-state index contributed by atoms with van der Waals surface area (Å²) in [6, 6.07) is 4.38. The van der Waals surface area contributed by atoms with Crippen molar-refractivity contribution >= 4 is 16.9 Å². The standard InChI is InChI=1S/C14H17FN4O/c15-10-3-4-11-12(5-10)19-13(18-11)7-17-14(20)8-16-6-9-1-2-9/h3-5,9,16H,1-2,6-8H2,(H,17,20)(H,18,19). The van der Waals surface area contributed by atoms with Crippen LogP contribution in [0.3, 0.4) is 0 Å². The zero-order chi connectivity index (χ0) is 13.9. The zero-order valence-electron chi connectivity index (χ0n) is 11.1. The molecule has 1 saturated carbocycles. The van der Waals surface area contributed by atoms with Crippen molar-refractivity contribution in [3.05, 3.63) is 29.8 Å². The highest BCUT2D eigenvalue weighted by molar-refractivity contribution is 5.78. The van der Waals surface area contributed by atoms with E-state index in [0.717, 1.165) is 12.5 Å². The van der Waals surface area contributed by atoms with Gasteiger partial charge < -0.3 is 15.6 Å². The van der Waals surface area contributed by atoms with Gasteiger partial charge in [0.25, 0.3) is 0 Å². The van der Waals surface area contributed by atoms with Gasteiger partial charge in [0.2, 0.25) is 5.91 Å². The van der Waals surface area contributed by atoms with Crippen molar-refractivity contribution in [2.45, 2.75) is 19.4 Å². The molecule has 0 atom stereocenters. The first-order valence-electron chi connectivity index (χ1n) is 6.82. The Morgan fingerprint density at radius 3 is 3.10 bits per heavy atom. The third kappa shape index (κ3) is 3.33. The predicted molar refractivity (Wildman–Crippen MR) is 73.5 cm³/mol. The highest BCUT2D eigenvalue weighted by atomic mass is 19.1. The number of hydrogen-bond acceptors (Lipinski definition) is 3. The van der Waals surface area contributed by atoms with Gasteiger partial charge in [-0.15, -0.1) is 0 Å². The Morgan fingerprint density at radius 1 is 1.45 bits per heavy atom. The van der Waals surface area contributed by atoms with E-state index >= 15 is 0 Å². The van der Waals surface area contributed by atoms with Crippen LogP contribution in [0.4, 0.5) is 4.39 Å². The van der Waals surface area contributed by atoms with Gasteiger partial charge in [-0.25, -0.2) is 9.37 Å². The van der Waals surface area contributed by atoms with Crippen molar-refractivity contribution < 1.29 is 9.18 Å². The molecule has 20 heavy (non-hydrogen) atoms.